The van der Waals surface area contributed by atoms with Crippen LogP contribution in [-0.2, 0) is 6.54 Å². The lowest BCUT2D eigenvalue weighted by molar-refractivity contribution is 0.739. The molecule has 0 saturated heterocycles. The molecule has 144 valence electrons. The number of halogens is 1. The zero-order valence-electron chi connectivity index (χ0n) is 15.7. The lowest BCUT2D eigenvalue weighted by Gasteiger charge is -2.12. The van der Waals surface area contributed by atoms with Gasteiger partial charge < -0.3 is 5.32 Å². The van der Waals surface area contributed by atoms with E-state index in [4.69, 9.17) is 0 Å². The summed E-state index contributed by atoms with van der Waals surface area (Å²) in [5.74, 6) is 1.21. The van der Waals surface area contributed by atoms with Gasteiger partial charge in [0.15, 0.2) is 0 Å². The second-order valence-corrected chi connectivity index (χ2v) is 7.75. The molecule has 4 rings (SSSR count). The second-order valence-electron chi connectivity index (χ2n) is 6.83. The summed E-state index contributed by atoms with van der Waals surface area (Å²) in [5, 5.41) is 12.7. The van der Waals surface area contributed by atoms with Crippen LogP contribution in [0.3, 0.4) is 0 Å². The van der Waals surface area contributed by atoms with E-state index in [9.17, 15) is 4.79 Å². The minimum absolute atomic E-state index is 0.0717. The molecule has 1 N–H and O–H groups in total. The average Bonchev–Trinajstić information content (AvgIpc) is 3.13. The third-order valence-corrected chi connectivity index (χ3v) is 5.30. The van der Waals surface area contributed by atoms with Crippen LogP contribution in [0.1, 0.15) is 31.7 Å². The van der Waals surface area contributed by atoms with Crippen molar-refractivity contribution in [3.8, 4) is 0 Å². The fraction of sp³-hybridized carbons (Fsp3) is 0.286. The molecule has 2 heterocycles. The van der Waals surface area contributed by atoms with E-state index in [-0.39, 0.29) is 5.56 Å². The van der Waals surface area contributed by atoms with Gasteiger partial charge in [0, 0.05) is 11.0 Å². The van der Waals surface area contributed by atoms with Gasteiger partial charge in [-0.3, -0.25) is 9.36 Å². The van der Waals surface area contributed by atoms with Crippen molar-refractivity contribution in [3.63, 3.8) is 0 Å². The Kier molecular flexibility index (Phi) is 5.43. The molecule has 0 aliphatic rings. The predicted octanol–water partition coefficient (Wildman–Crippen LogP) is 4.46. The summed E-state index contributed by atoms with van der Waals surface area (Å²) in [6, 6.07) is 15.7. The van der Waals surface area contributed by atoms with Gasteiger partial charge >= 0.3 is 0 Å². The van der Waals surface area contributed by atoms with E-state index < -0.39 is 0 Å². The highest BCUT2D eigenvalue weighted by atomic mass is 79.9. The Balaban J connectivity index is 1.88. The molecular formula is C21H22BrN5O. The number of benzene rings is 2. The Bertz CT molecular complexity index is 1170. The third kappa shape index (κ3) is 3.54. The molecular weight excluding hydrogens is 418 g/mol. The minimum Gasteiger partial charge on any atom is -0.354 e. The van der Waals surface area contributed by atoms with Gasteiger partial charge in [-0.05, 0) is 30.2 Å². The monoisotopic (exact) mass is 439 g/mol. The Morgan fingerprint density at radius 1 is 1.07 bits per heavy atom. The van der Waals surface area contributed by atoms with Crippen LogP contribution in [0.25, 0.3) is 16.7 Å². The Morgan fingerprint density at radius 2 is 1.89 bits per heavy atom. The first-order valence-electron chi connectivity index (χ1n) is 9.54. The topological polar surface area (TPSA) is 64.2 Å². The summed E-state index contributed by atoms with van der Waals surface area (Å²) in [7, 11) is 0. The highest BCUT2D eigenvalue weighted by Crippen LogP contribution is 2.21. The summed E-state index contributed by atoms with van der Waals surface area (Å²) >= 11 is 3.49. The number of unbranched alkanes of at least 4 members (excludes halogenated alkanes) is 2. The summed E-state index contributed by atoms with van der Waals surface area (Å²) in [6.07, 6.45) is 3.39. The Hall–Kier alpha value is -2.67. The molecule has 2 aromatic heterocycles. The molecule has 6 nitrogen and oxygen atoms in total. The predicted molar refractivity (Wildman–Crippen MR) is 116 cm³/mol. The molecule has 0 radical (unpaired) electrons. The number of rotatable bonds is 7. The third-order valence-electron chi connectivity index (χ3n) is 4.81. The van der Waals surface area contributed by atoms with Crippen LogP contribution < -0.4 is 10.9 Å². The number of hydrogen-bond acceptors (Lipinski definition) is 4. The first-order chi connectivity index (χ1) is 13.7. The molecule has 2 aromatic carbocycles. The van der Waals surface area contributed by atoms with Crippen molar-refractivity contribution in [1.29, 1.82) is 0 Å². The van der Waals surface area contributed by atoms with Gasteiger partial charge in [0.05, 0.1) is 17.4 Å². The molecule has 7 heteroatoms. The Labute approximate surface area is 171 Å². The molecule has 0 bridgehead atoms. The van der Waals surface area contributed by atoms with E-state index in [0.717, 1.165) is 41.4 Å². The molecule has 0 fully saturated rings. The zero-order chi connectivity index (χ0) is 19.5. The number of anilines is 1. The van der Waals surface area contributed by atoms with Gasteiger partial charge in [-0.15, -0.1) is 10.2 Å². The number of fused-ring (bicyclic) bond motifs is 3. The highest BCUT2D eigenvalue weighted by Gasteiger charge is 2.17. The summed E-state index contributed by atoms with van der Waals surface area (Å²) in [5.41, 5.74) is 1.77. The molecule has 0 aliphatic heterocycles. The summed E-state index contributed by atoms with van der Waals surface area (Å²) < 4.78 is 4.50. The standard InChI is InChI=1S/C21H22BrN5O/c1-2-3-7-12-23-20-24-25-21-26(14-15-8-5-4-6-9-15)19(28)17-13-16(22)10-11-18(17)27(20)21/h4-6,8-11,13H,2-3,7,12,14H2,1H3,(H,23,24). The van der Waals surface area contributed by atoms with Crippen LogP contribution in [0.5, 0.6) is 0 Å². The molecule has 0 saturated carbocycles. The quantitative estimate of drug-likeness (QED) is 0.431. The van der Waals surface area contributed by atoms with Crippen LogP contribution in [-0.4, -0.2) is 25.7 Å². The van der Waals surface area contributed by atoms with Crippen LogP contribution in [0, 0.1) is 0 Å². The number of aromatic nitrogens is 4. The van der Waals surface area contributed by atoms with Crippen molar-refractivity contribution >= 4 is 38.6 Å². The fourth-order valence-corrected chi connectivity index (χ4v) is 3.74. The van der Waals surface area contributed by atoms with Crippen LogP contribution in [0.15, 0.2) is 57.8 Å². The van der Waals surface area contributed by atoms with E-state index in [1.807, 2.05) is 52.9 Å². The van der Waals surface area contributed by atoms with E-state index in [2.05, 4.69) is 38.4 Å². The molecule has 0 spiro atoms. The van der Waals surface area contributed by atoms with E-state index in [1.54, 1.807) is 4.57 Å². The number of nitrogens with one attached hydrogen (secondary N) is 1. The van der Waals surface area contributed by atoms with Crippen molar-refractivity contribution in [1.82, 2.24) is 19.2 Å². The van der Waals surface area contributed by atoms with Crippen LogP contribution in [0.2, 0.25) is 0 Å². The maximum Gasteiger partial charge on any atom is 0.263 e. The van der Waals surface area contributed by atoms with Gasteiger partial charge in [0.25, 0.3) is 5.56 Å². The molecule has 0 aliphatic carbocycles. The molecule has 28 heavy (non-hydrogen) atoms. The van der Waals surface area contributed by atoms with Gasteiger partial charge in [0.1, 0.15) is 0 Å². The largest absolute Gasteiger partial charge is 0.354 e. The lowest BCUT2D eigenvalue weighted by Crippen LogP contribution is -2.24. The number of nitrogens with zero attached hydrogens (tertiary/aromatic N) is 4. The normalized spacial score (nSPS) is 11.4. The van der Waals surface area contributed by atoms with Gasteiger partial charge in [-0.2, -0.15) is 0 Å². The maximum absolute atomic E-state index is 13.2. The smallest absolute Gasteiger partial charge is 0.263 e. The second kappa shape index (κ2) is 8.14. The van der Waals surface area contributed by atoms with E-state index in [1.165, 1.54) is 0 Å². The van der Waals surface area contributed by atoms with Crippen molar-refractivity contribution in [2.24, 2.45) is 0 Å². The first-order valence-corrected chi connectivity index (χ1v) is 10.3. The average molecular weight is 440 g/mol. The fourth-order valence-electron chi connectivity index (χ4n) is 3.38. The first kappa shape index (κ1) is 18.7. The maximum atomic E-state index is 13.2. The molecule has 4 aromatic rings. The van der Waals surface area contributed by atoms with Crippen LogP contribution in [0.4, 0.5) is 5.95 Å². The van der Waals surface area contributed by atoms with E-state index in [0.29, 0.717) is 23.7 Å². The lowest BCUT2D eigenvalue weighted by atomic mass is 10.2. The highest BCUT2D eigenvalue weighted by molar-refractivity contribution is 9.10. The Morgan fingerprint density at radius 3 is 2.68 bits per heavy atom. The SMILES string of the molecule is CCCCCNc1nnc2n(Cc3ccccc3)c(=O)c3cc(Br)ccc3n12. The van der Waals surface area contributed by atoms with Crippen molar-refractivity contribution in [2.75, 3.05) is 11.9 Å². The van der Waals surface area contributed by atoms with Crippen molar-refractivity contribution in [3.05, 3.63) is 68.9 Å². The molecule has 0 unspecified atom stereocenters. The van der Waals surface area contributed by atoms with Gasteiger partial charge in [0.2, 0.25) is 11.7 Å². The van der Waals surface area contributed by atoms with Crippen molar-refractivity contribution < 1.29 is 0 Å². The van der Waals surface area contributed by atoms with Gasteiger partial charge in [-0.1, -0.05) is 66.0 Å². The van der Waals surface area contributed by atoms with Gasteiger partial charge in [-0.25, -0.2) is 4.40 Å². The minimum atomic E-state index is -0.0717. The van der Waals surface area contributed by atoms with Crippen LogP contribution >= 0.6 is 15.9 Å². The summed E-state index contributed by atoms with van der Waals surface area (Å²) in [6.45, 7) is 3.45. The van der Waals surface area contributed by atoms with E-state index >= 15 is 0 Å². The van der Waals surface area contributed by atoms with Crippen molar-refractivity contribution in [2.45, 2.75) is 32.7 Å². The number of hydrogen-bond donors (Lipinski definition) is 1. The molecule has 0 atom stereocenters. The molecule has 0 amide bonds. The summed E-state index contributed by atoms with van der Waals surface area (Å²) in [4.78, 5) is 13.2. The zero-order valence-corrected chi connectivity index (χ0v) is 17.3.